The summed E-state index contributed by atoms with van der Waals surface area (Å²) in [7, 11) is 0. The minimum Gasteiger partial charge on any atom is -0.489 e. The fourth-order valence-corrected chi connectivity index (χ4v) is 4.87. The second kappa shape index (κ2) is 11.2. The Bertz CT molecular complexity index is 1240. The second-order valence-electron chi connectivity index (χ2n) is 11.9. The van der Waals surface area contributed by atoms with Crippen molar-refractivity contribution in [3.63, 3.8) is 0 Å². The van der Waals surface area contributed by atoms with Crippen molar-refractivity contribution in [3.8, 4) is 16.9 Å². The number of aromatic nitrogens is 1. The Balaban J connectivity index is 1.74. The summed E-state index contributed by atoms with van der Waals surface area (Å²) in [5.74, 6) is -0.233. The van der Waals surface area contributed by atoms with Crippen molar-refractivity contribution >= 4 is 11.7 Å². The molecule has 6 nitrogen and oxygen atoms in total. The first-order chi connectivity index (χ1) is 17.9. The Morgan fingerprint density at radius 2 is 1.68 bits per heavy atom. The lowest BCUT2D eigenvalue weighted by atomic mass is 9.82. The lowest BCUT2D eigenvalue weighted by Gasteiger charge is -2.41. The lowest BCUT2D eigenvalue weighted by Crippen LogP contribution is -2.39. The van der Waals surface area contributed by atoms with Crippen LogP contribution < -0.4 is 9.64 Å². The Morgan fingerprint density at radius 3 is 2.26 bits per heavy atom. The van der Waals surface area contributed by atoms with Crippen LogP contribution in [0, 0.1) is 12.3 Å². The molecule has 1 fully saturated rings. The molecule has 1 aromatic heterocycles. The first kappa shape index (κ1) is 27.6. The summed E-state index contributed by atoms with van der Waals surface area (Å²) in [5.41, 5.74) is 4.81. The second-order valence-corrected chi connectivity index (χ2v) is 11.9. The molecule has 0 saturated carbocycles. The van der Waals surface area contributed by atoms with Crippen molar-refractivity contribution in [2.45, 2.75) is 72.7 Å². The molecule has 38 heavy (non-hydrogen) atoms. The fraction of sp³-hybridized carbons (Fsp3) is 0.438. The Hall–Kier alpha value is -3.38. The zero-order valence-electron chi connectivity index (χ0n) is 23.5. The number of rotatable bonds is 8. The highest BCUT2D eigenvalue weighted by Gasteiger charge is 2.35. The molecule has 0 spiro atoms. The van der Waals surface area contributed by atoms with Gasteiger partial charge in [-0.15, -0.1) is 0 Å². The molecule has 4 rings (SSSR count). The summed E-state index contributed by atoms with van der Waals surface area (Å²) in [4.78, 5) is 19.6. The number of hydrogen-bond donors (Lipinski definition) is 1. The van der Waals surface area contributed by atoms with Crippen LogP contribution in [0.25, 0.3) is 11.1 Å². The summed E-state index contributed by atoms with van der Waals surface area (Å²) in [6.45, 7) is 14.3. The molecule has 1 aliphatic rings. The Morgan fingerprint density at radius 1 is 1.05 bits per heavy atom. The van der Waals surface area contributed by atoms with Gasteiger partial charge in [-0.2, -0.15) is 0 Å². The van der Waals surface area contributed by atoms with Crippen LogP contribution >= 0.6 is 0 Å². The van der Waals surface area contributed by atoms with Crippen LogP contribution in [0.2, 0.25) is 0 Å². The quantitative estimate of drug-likeness (QED) is 0.341. The molecule has 0 bridgehead atoms. The van der Waals surface area contributed by atoms with Gasteiger partial charge in [-0.05, 0) is 69.2 Å². The van der Waals surface area contributed by atoms with Crippen molar-refractivity contribution in [2.75, 3.05) is 18.0 Å². The molecule has 0 aliphatic carbocycles. The third-order valence-electron chi connectivity index (χ3n) is 7.09. The van der Waals surface area contributed by atoms with Gasteiger partial charge in [0.15, 0.2) is 6.10 Å². The van der Waals surface area contributed by atoms with E-state index in [2.05, 4.69) is 23.7 Å². The van der Waals surface area contributed by atoms with Gasteiger partial charge >= 0.3 is 5.97 Å². The molecule has 202 valence electrons. The van der Waals surface area contributed by atoms with Crippen molar-refractivity contribution in [3.05, 3.63) is 77.6 Å². The molecule has 0 amide bonds. The zero-order chi connectivity index (χ0) is 27.5. The number of pyridine rings is 1. The van der Waals surface area contributed by atoms with Crippen molar-refractivity contribution in [2.24, 2.45) is 5.41 Å². The lowest BCUT2D eigenvalue weighted by molar-refractivity contribution is -0.160. The summed E-state index contributed by atoms with van der Waals surface area (Å²) >= 11 is 0. The number of hydrogen-bond acceptors (Lipinski definition) is 5. The first-order valence-corrected chi connectivity index (χ1v) is 13.4. The number of piperidine rings is 1. The van der Waals surface area contributed by atoms with Crippen LogP contribution in [0.3, 0.4) is 0 Å². The van der Waals surface area contributed by atoms with Crippen molar-refractivity contribution in [1.29, 1.82) is 0 Å². The van der Waals surface area contributed by atoms with Gasteiger partial charge in [-0.1, -0.05) is 56.3 Å². The molecule has 0 unspecified atom stereocenters. The molecule has 3 aromatic rings. The highest BCUT2D eigenvalue weighted by Crippen LogP contribution is 2.43. The molecule has 0 radical (unpaired) electrons. The van der Waals surface area contributed by atoms with E-state index < -0.39 is 17.7 Å². The average molecular weight is 517 g/mol. The monoisotopic (exact) mass is 516 g/mol. The molecule has 1 N–H and O–H groups in total. The van der Waals surface area contributed by atoms with Gasteiger partial charge in [0.05, 0.1) is 11.3 Å². The molecule has 2 heterocycles. The molecule has 1 aliphatic heterocycles. The highest BCUT2D eigenvalue weighted by molar-refractivity contribution is 5.86. The maximum atomic E-state index is 12.6. The first-order valence-electron chi connectivity index (χ1n) is 13.4. The number of aliphatic carboxylic acids is 1. The van der Waals surface area contributed by atoms with E-state index in [0.29, 0.717) is 17.9 Å². The highest BCUT2D eigenvalue weighted by atomic mass is 16.5. The maximum absolute atomic E-state index is 12.6. The molecule has 1 atom stereocenters. The predicted molar refractivity (Wildman–Crippen MR) is 152 cm³/mol. The van der Waals surface area contributed by atoms with Crippen molar-refractivity contribution < 1.29 is 19.4 Å². The van der Waals surface area contributed by atoms with Crippen LogP contribution in [0.1, 0.15) is 70.4 Å². The van der Waals surface area contributed by atoms with E-state index in [0.717, 1.165) is 54.1 Å². The standard InChI is InChI=1S/C32H40N2O4/c1-22-27(29(30(35)36)38-31(2,3)4)28(34-18-16-32(5,6)17-19-34)26(20-33-22)24-12-14-25(15-13-24)37-21-23-10-8-7-9-11-23/h7-15,20,29H,16-19,21H2,1-6H3,(H,35,36)/t29-/m0/s1. The smallest absolute Gasteiger partial charge is 0.337 e. The largest absolute Gasteiger partial charge is 0.489 e. The SMILES string of the molecule is Cc1ncc(-c2ccc(OCc3ccccc3)cc2)c(N2CCC(C)(C)CC2)c1[C@H](OC(C)(C)C)C(=O)O. The molecular formula is C32H40N2O4. The summed E-state index contributed by atoms with van der Waals surface area (Å²) in [6, 6.07) is 18.0. The normalized spacial score (nSPS) is 16.2. The average Bonchev–Trinajstić information content (AvgIpc) is 2.86. The van der Waals surface area contributed by atoms with E-state index in [9.17, 15) is 9.90 Å². The predicted octanol–water partition coefficient (Wildman–Crippen LogP) is 7.20. The van der Waals surface area contributed by atoms with Crippen LogP contribution in [-0.2, 0) is 16.1 Å². The maximum Gasteiger partial charge on any atom is 0.337 e. The summed E-state index contributed by atoms with van der Waals surface area (Å²) in [6.07, 6.45) is 2.79. The number of anilines is 1. The molecular weight excluding hydrogens is 476 g/mol. The number of nitrogens with zero attached hydrogens (tertiary/aromatic N) is 2. The van der Waals surface area contributed by atoms with Crippen LogP contribution in [0.4, 0.5) is 5.69 Å². The minimum absolute atomic E-state index is 0.255. The van der Waals surface area contributed by atoms with Crippen molar-refractivity contribution in [1.82, 2.24) is 4.98 Å². The Labute approximate surface area is 226 Å². The van der Waals surface area contributed by atoms with Gasteiger partial charge < -0.3 is 19.5 Å². The zero-order valence-corrected chi connectivity index (χ0v) is 23.5. The van der Waals surface area contributed by atoms with E-state index >= 15 is 0 Å². The number of benzene rings is 2. The van der Waals surface area contributed by atoms with Gasteiger partial charge in [-0.25, -0.2) is 4.79 Å². The number of carboxylic acid groups (broad SMARTS) is 1. The van der Waals surface area contributed by atoms with Crippen LogP contribution in [0.5, 0.6) is 5.75 Å². The van der Waals surface area contributed by atoms with E-state index in [1.807, 2.05) is 88.5 Å². The van der Waals surface area contributed by atoms with E-state index in [1.54, 1.807) is 0 Å². The van der Waals surface area contributed by atoms with Gasteiger partial charge in [0.1, 0.15) is 12.4 Å². The van der Waals surface area contributed by atoms with Gasteiger partial charge in [0.25, 0.3) is 0 Å². The minimum atomic E-state index is -1.12. The molecule has 6 heteroatoms. The number of ether oxygens (including phenoxy) is 2. The van der Waals surface area contributed by atoms with Gasteiger partial charge in [-0.3, -0.25) is 4.98 Å². The van der Waals surface area contributed by atoms with E-state index in [-0.39, 0.29) is 5.41 Å². The third kappa shape index (κ3) is 6.73. The molecule has 2 aromatic carbocycles. The fourth-order valence-electron chi connectivity index (χ4n) is 4.87. The van der Waals surface area contributed by atoms with Gasteiger partial charge in [0, 0.05) is 36.1 Å². The summed E-state index contributed by atoms with van der Waals surface area (Å²) < 4.78 is 12.1. The number of carbonyl (C=O) groups is 1. The summed E-state index contributed by atoms with van der Waals surface area (Å²) in [5, 5.41) is 10.3. The molecule has 1 saturated heterocycles. The third-order valence-corrected chi connectivity index (χ3v) is 7.09. The van der Waals surface area contributed by atoms with Crippen LogP contribution in [-0.4, -0.2) is 34.8 Å². The number of carboxylic acids is 1. The van der Waals surface area contributed by atoms with Gasteiger partial charge in [0.2, 0.25) is 0 Å². The van der Waals surface area contributed by atoms with E-state index in [4.69, 9.17) is 9.47 Å². The van der Waals surface area contributed by atoms with E-state index in [1.165, 1.54) is 0 Å². The Kier molecular flexibility index (Phi) is 8.12. The topological polar surface area (TPSA) is 71.9 Å². The number of aryl methyl sites for hydroxylation is 1. The van der Waals surface area contributed by atoms with Crippen LogP contribution in [0.15, 0.2) is 60.8 Å².